The van der Waals surface area contributed by atoms with Gasteiger partial charge in [-0.15, -0.1) is 11.3 Å². The van der Waals surface area contributed by atoms with Gasteiger partial charge in [0.15, 0.2) is 17.5 Å². The molecule has 12 rings (SSSR count). The van der Waals surface area contributed by atoms with E-state index in [1.807, 2.05) is 59.9 Å². The third kappa shape index (κ3) is 5.04. The molecule has 266 valence electrons. The van der Waals surface area contributed by atoms with E-state index in [-0.39, 0.29) is 0 Å². The van der Waals surface area contributed by atoms with E-state index >= 15 is 0 Å². The number of rotatable bonds is 5. The van der Waals surface area contributed by atoms with Gasteiger partial charge < -0.3 is 8.98 Å². The monoisotopic (exact) mass is 746 g/mol. The van der Waals surface area contributed by atoms with Crippen molar-refractivity contribution >= 4 is 75.3 Å². The molecule has 0 aliphatic heterocycles. The smallest absolute Gasteiger partial charge is 0.164 e. The van der Waals surface area contributed by atoms with Gasteiger partial charge in [0.25, 0.3) is 0 Å². The van der Waals surface area contributed by atoms with Gasteiger partial charge in [-0.25, -0.2) is 15.0 Å². The van der Waals surface area contributed by atoms with E-state index < -0.39 is 0 Å². The van der Waals surface area contributed by atoms with Crippen molar-refractivity contribution in [2.24, 2.45) is 0 Å². The van der Waals surface area contributed by atoms with Gasteiger partial charge >= 0.3 is 0 Å². The van der Waals surface area contributed by atoms with Crippen LogP contribution >= 0.6 is 11.3 Å². The Morgan fingerprint density at radius 1 is 0.421 bits per heavy atom. The number of para-hydroxylation sites is 2. The molecule has 5 nitrogen and oxygen atoms in total. The molecule has 0 saturated heterocycles. The van der Waals surface area contributed by atoms with Crippen LogP contribution in [0.1, 0.15) is 0 Å². The van der Waals surface area contributed by atoms with Crippen molar-refractivity contribution < 1.29 is 4.42 Å². The molecule has 4 heterocycles. The predicted molar refractivity (Wildman–Crippen MR) is 236 cm³/mol. The van der Waals surface area contributed by atoms with Crippen molar-refractivity contribution in [3.8, 4) is 51.0 Å². The molecule has 6 heteroatoms. The molecular weight excluding hydrogens is 717 g/mol. The number of benzene rings is 8. The van der Waals surface area contributed by atoms with Crippen molar-refractivity contribution in [3.63, 3.8) is 0 Å². The SMILES string of the molecule is c1ccc(-c2nc(-c3ccccc3)nc(-c3cc(-c4cccc5oc6ccccc6c45)cc(-n4c5ccccc5c5ccc6c7ccccc7sc6c54)c3)n2)cc1. The highest BCUT2D eigenvalue weighted by Crippen LogP contribution is 2.45. The minimum Gasteiger partial charge on any atom is -0.456 e. The maximum absolute atomic E-state index is 6.42. The van der Waals surface area contributed by atoms with E-state index in [2.05, 4.69) is 138 Å². The first-order valence-corrected chi connectivity index (χ1v) is 19.8. The Morgan fingerprint density at radius 2 is 1.02 bits per heavy atom. The summed E-state index contributed by atoms with van der Waals surface area (Å²) in [6, 6.07) is 63.7. The largest absolute Gasteiger partial charge is 0.456 e. The number of fused-ring (bicyclic) bond motifs is 10. The van der Waals surface area contributed by atoms with Gasteiger partial charge in [0.2, 0.25) is 0 Å². The van der Waals surface area contributed by atoms with E-state index in [1.54, 1.807) is 0 Å². The average Bonchev–Trinajstić information content (AvgIpc) is 3.96. The molecule has 0 N–H and O–H groups in total. The maximum atomic E-state index is 6.42. The summed E-state index contributed by atoms with van der Waals surface area (Å²) in [5, 5.41) is 7.12. The molecule has 8 aromatic carbocycles. The second kappa shape index (κ2) is 12.6. The molecule has 0 atom stereocenters. The second-order valence-electron chi connectivity index (χ2n) is 14.4. The van der Waals surface area contributed by atoms with E-state index in [1.165, 1.54) is 36.5 Å². The molecule has 0 bridgehead atoms. The number of thiophene rings is 1. The predicted octanol–water partition coefficient (Wildman–Crippen LogP) is 13.9. The van der Waals surface area contributed by atoms with Crippen LogP contribution in [0, 0.1) is 0 Å². The quantitative estimate of drug-likeness (QED) is 0.176. The number of aromatic nitrogens is 4. The Kier molecular flexibility index (Phi) is 7.03. The second-order valence-corrected chi connectivity index (χ2v) is 15.4. The molecule has 0 aliphatic carbocycles. The van der Waals surface area contributed by atoms with Gasteiger partial charge in [-0.05, 0) is 53.6 Å². The maximum Gasteiger partial charge on any atom is 0.164 e. The highest BCUT2D eigenvalue weighted by molar-refractivity contribution is 7.26. The zero-order valence-corrected chi connectivity index (χ0v) is 31.2. The fourth-order valence-corrected chi connectivity index (χ4v) is 9.72. The van der Waals surface area contributed by atoms with Crippen LogP contribution in [-0.4, -0.2) is 19.5 Å². The van der Waals surface area contributed by atoms with Crippen molar-refractivity contribution in [2.45, 2.75) is 0 Å². The summed E-state index contributed by atoms with van der Waals surface area (Å²) >= 11 is 1.85. The Bertz CT molecular complexity index is 3470. The first-order valence-electron chi connectivity index (χ1n) is 19.0. The highest BCUT2D eigenvalue weighted by atomic mass is 32.1. The third-order valence-electron chi connectivity index (χ3n) is 11.0. The van der Waals surface area contributed by atoms with Gasteiger partial charge in [0, 0.05) is 59.4 Å². The molecule has 57 heavy (non-hydrogen) atoms. The molecule has 0 saturated carbocycles. The van der Waals surface area contributed by atoms with E-state index in [0.29, 0.717) is 17.5 Å². The summed E-state index contributed by atoms with van der Waals surface area (Å²) in [6.45, 7) is 0. The lowest BCUT2D eigenvalue weighted by atomic mass is 9.96. The molecule has 0 aliphatic rings. The summed E-state index contributed by atoms with van der Waals surface area (Å²) in [7, 11) is 0. The lowest BCUT2D eigenvalue weighted by Gasteiger charge is -2.15. The number of hydrogen-bond acceptors (Lipinski definition) is 5. The molecule has 0 amide bonds. The van der Waals surface area contributed by atoms with Crippen LogP contribution in [0.25, 0.3) is 115 Å². The minimum atomic E-state index is 0.600. The minimum absolute atomic E-state index is 0.600. The molecular formula is C51H30N4OS. The van der Waals surface area contributed by atoms with Crippen molar-refractivity contribution in [2.75, 3.05) is 0 Å². The lowest BCUT2D eigenvalue weighted by Crippen LogP contribution is -2.02. The highest BCUT2D eigenvalue weighted by Gasteiger charge is 2.21. The van der Waals surface area contributed by atoms with E-state index in [0.717, 1.165) is 61.0 Å². The van der Waals surface area contributed by atoms with Crippen LogP contribution in [0.4, 0.5) is 0 Å². The Hall–Kier alpha value is -7.41. The summed E-state index contributed by atoms with van der Waals surface area (Å²) in [5.74, 6) is 1.85. The van der Waals surface area contributed by atoms with Gasteiger partial charge in [0.1, 0.15) is 11.2 Å². The Labute approximate surface area is 330 Å². The third-order valence-corrected chi connectivity index (χ3v) is 12.2. The van der Waals surface area contributed by atoms with Gasteiger partial charge in [0.05, 0.1) is 15.7 Å². The standard InChI is InChI=1S/C51H30N4OS/c1-3-14-31(15-4-1)49-52-50(32-16-5-2-6-17-32)54-51(53-49)34-28-33(36-21-13-24-44-46(36)41-20-8-11-23-43(41)56-44)29-35(30-34)55-42-22-10-7-18-37(42)39-26-27-40-38-19-9-12-25-45(38)57-48(40)47(39)55/h1-30H. The lowest BCUT2D eigenvalue weighted by molar-refractivity contribution is 0.669. The van der Waals surface area contributed by atoms with Crippen LogP contribution in [0.15, 0.2) is 186 Å². The molecule has 4 aromatic heterocycles. The fourth-order valence-electron chi connectivity index (χ4n) is 8.48. The normalized spacial score (nSPS) is 11.9. The van der Waals surface area contributed by atoms with E-state index in [4.69, 9.17) is 19.4 Å². The zero-order chi connectivity index (χ0) is 37.5. The Balaban J connectivity index is 1.21. The summed E-state index contributed by atoms with van der Waals surface area (Å²) in [4.78, 5) is 15.4. The van der Waals surface area contributed by atoms with Crippen LogP contribution in [-0.2, 0) is 0 Å². The van der Waals surface area contributed by atoms with Gasteiger partial charge in [-0.2, -0.15) is 0 Å². The molecule has 0 unspecified atom stereocenters. The van der Waals surface area contributed by atoms with Crippen molar-refractivity contribution in [3.05, 3.63) is 182 Å². The van der Waals surface area contributed by atoms with Crippen molar-refractivity contribution in [1.82, 2.24) is 19.5 Å². The van der Waals surface area contributed by atoms with Crippen LogP contribution in [0.2, 0.25) is 0 Å². The van der Waals surface area contributed by atoms with E-state index in [9.17, 15) is 0 Å². The topological polar surface area (TPSA) is 56.7 Å². The summed E-state index contributed by atoms with van der Waals surface area (Å²) in [5.41, 5.74) is 9.92. The van der Waals surface area contributed by atoms with Crippen LogP contribution in [0.5, 0.6) is 0 Å². The van der Waals surface area contributed by atoms with Crippen LogP contribution < -0.4 is 0 Å². The van der Waals surface area contributed by atoms with Gasteiger partial charge in [-0.3, -0.25) is 0 Å². The number of hydrogen-bond donors (Lipinski definition) is 0. The fraction of sp³-hybridized carbons (Fsp3) is 0. The summed E-state index contributed by atoms with van der Waals surface area (Å²) in [6.07, 6.45) is 0. The molecule has 0 spiro atoms. The zero-order valence-electron chi connectivity index (χ0n) is 30.4. The summed E-state index contributed by atoms with van der Waals surface area (Å²) < 4.78 is 11.4. The number of nitrogens with zero attached hydrogens (tertiary/aromatic N) is 4. The number of furan rings is 1. The Morgan fingerprint density at radius 3 is 1.79 bits per heavy atom. The van der Waals surface area contributed by atoms with Crippen LogP contribution in [0.3, 0.4) is 0 Å². The molecule has 12 aromatic rings. The average molecular weight is 747 g/mol. The van der Waals surface area contributed by atoms with Crippen molar-refractivity contribution in [1.29, 1.82) is 0 Å². The first kappa shape index (κ1) is 31.9. The molecule has 0 radical (unpaired) electrons. The van der Waals surface area contributed by atoms with Gasteiger partial charge in [-0.1, -0.05) is 140 Å². The molecule has 0 fully saturated rings. The first-order chi connectivity index (χ1) is 28.2.